The molecule has 1 saturated heterocycles. The molecule has 3 heterocycles. The van der Waals surface area contributed by atoms with Crippen LogP contribution in [0.25, 0.3) is 11.0 Å². The molecule has 5 rings (SSSR count). The van der Waals surface area contributed by atoms with E-state index in [0.717, 1.165) is 16.8 Å². The standard InChI is InChI=1S/C25H26N6O3/c1-16-5-4-6-19(13-16)26-23(32)18-8-7-17(2)21(14-18)34-24-20-15-30(3)29-22(20)27-25(28-24)31-9-11-33-12-10-31/h4-8,13-15H,9-12H2,1-3H3,(H,26,32). The van der Waals surface area contributed by atoms with Crippen molar-refractivity contribution in [1.29, 1.82) is 0 Å². The Morgan fingerprint density at radius 3 is 2.71 bits per heavy atom. The molecule has 1 amide bonds. The molecule has 0 atom stereocenters. The van der Waals surface area contributed by atoms with Gasteiger partial charge in [0, 0.05) is 37.6 Å². The molecular weight excluding hydrogens is 432 g/mol. The number of hydrogen-bond acceptors (Lipinski definition) is 7. The van der Waals surface area contributed by atoms with Crippen LogP contribution in [0.5, 0.6) is 11.6 Å². The van der Waals surface area contributed by atoms with Gasteiger partial charge in [0.1, 0.15) is 11.1 Å². The Labute approximate surface area is 197 Å². The van der Waals surface area contributed by atoms with Crippen LogP contribution in [0.2, 0.25) is 0 Å². The number of aromatic nitrogens is 4. The molecule has 4 aromatic rings. The summed E-state index contributed by atoms with van der Waals surface area (Å²) in [7, 11) is 1.83. The topological polar surface area (TPSA) is 94.4 Å². The van der Waals surface area contributed by atoms with E-state index < -0.39 is 0 Å². The minimum absolute atomic E-state index is 0.210. The summed E-state index contributed by atoms with van der Waals surface area (Å²) in [5, 5.41) is 8.10. The zero-order valence-corrected chi connectivity index (χ0v) is 19.4. The number of carbonyl (C=O) groups excluding carboxylic acids is 1. The summed E-state index contributed by atoms with van der Waals surface area (Å²) in [6.07, 6.45) is 1.83. The average molecular weight is 459 g/mol. The van der Waals surface area contributed by atoms with Crippen molar-refractivity contribution in [3.63, 3.8) is 0 Å². The second-order valence-electron chi connectivity index (χ2n) is 8.37. The van der Waals surface area contributed by atoms with Crippen molar-refractivity contribution < 1.29 is 14.3 Å². The van der Waals surface area contributed by atoms with E-state index in [1.54, 1.807) is 16.8 Å². The average Bonchev–Trinajstić information content (AvgIpc) is 3.21. The molecule has 1 N–H and O–H groups in total. The minimum atomic E-state index is -0.210. The SMILES string of the molecule is Cc1cccc(NC(=O)c2ccc(C)c(Oc3nc(N4CCOCC4)nc4nn(C)cc34)c2)c1. The molecule has 0 saturated carbocycles. The molecule has 0 radical (unpaired) electrons. The number of nitrogens with one attached hydrogen (secondary N) is 1. The number of fused-ring (bicyclic) bond motifs is 1. The maximum atomic E-state index is 12.9. The Morgan fingerprint density at radius 1 is 1.09 bits per heavy atom. The van der Waals surface area contributed by atoms with Crippen molar-refractivity contribution in [3.8, 4) is 11.6 Å². The zero-order chi connectivity index (χ0) is 23.7. The van der Waals surface area contributed by atoms with Gasteiger partial charge in [0.05, 0.1) is 13.2 Å². The minimum Gasteiger partial charge on any atom is -0.438 e. The van der Waals surface area contributed by atoms with Crippen molar-refractivity contribution >= 4 is 28.6 Å². The number of hydrogen-bond donors (Lipinski definition) is 1. The number of ether oxygens (including phenoxy) is 2. The fourth-order valence-corrected chi connectivity index (χ4v) is 3.85. The molecule has 2 aromatic heterocycles. The lowest BCUT2D eigenvalue weighted by atomic mass is 10.1. The molecule has 1 aliphatic rings. The van der Waals surface area contributed by atoms with Crippen LogP contribution in [0.3, 0.4) is 0 Å². The van der Waals surface area contributed by atoms with E-state index in [4.69, 9.17) is 14.5 Å². The second-order valence-corrected chi connectivity index (χ2v) is 8.37. The Morgan fingerprint density at radius 2 is 1.91 bits per heavy atom. The highest BCUT2D eigenvalue weighted by Gasteiger charge is 2.20. The van der Waals surface area contributed by atoms with Gasteiger partial charge < -0.3 is 19.7 Å². The summed E-state index contributed by atoms with van der Waals surface area (Å²) < 4.78 is 13.4. The van der Waals surface area contributed by atoms with Gasteiger partial charge in [-0.2, -0.15) is 15.1 Å². The van der Waals surface area contributed by atoms with Gasteiger partial charge in [0.2, 0.25) is 11.8 Å². The number of carbonyl (C=O) groups is 1. The molecule has 34 heavy (non-hydrogen) atoms. The number of anilines is 2. The first-order valence-electron chi connectivity index (χ1n) is 11.2. The van der Waals surface area contributed by atoms with Crippen molar-refractivity contribution in [1.82, 2.24) is 19.7 Å². The predicted molar refractivity (Wildman–Crippen MR) is 130 cm³/mol. The molecule has 9 nitrogen and oxygen atoms in total. The number of aryl methyl sites for hydroxylation is 3. The zero-order valence-electron chi connectivity index (χ0n) is 19.4. The van der Waals surface area contributed by atoms with E-state index in [2.05, 4.69) is 20.3 Å². The van der Waals surface area contributed by atoms with Gasteiger partial charge in [0.25, 0.3) is 5.91 Å². The maximum Gasteiger partial charge on any atom is 0.255 e. The van der Waals surface area contributed by atoms with Gasteiger partial charge in [0.15, 0.2) is 5.65 Å². The van der Waals surface area contributed by atoms with Gasteiger partial charge in [-0.05, 0) is 49.2 Å². The lowest BCUT2D eigenvalue weighted by molar-refractivity contribution is 0.102. The quantitative estimate of drug-likeness (QED) is 0.485. The van der Waals surface area contributed by atoms with Gasteiger partial charge >= 0.3 is 0 Å². The molecule has 1 aliphatic heterocycles. The Bertz CT molecular complexity index is 1360. The Kier molecular flexibility index (Phi) is 5.85. The number of rotatable bonds is 5. The van der Waals surface area contributed by atoms with Crippen molar-refractivity contribution in [3.05, 3.63) is 65.4 Å². The van der Waals surface area contributed by atoms with Crippen LogP contribution < -0.4 is 15.0 Å². The van der Waals surface area contributed by atoms with Gasteiger partial charge in [-0.3, -0.25) is 9.48 Å². The first-order chi connectivity index (χ1) is 16.5. The van der Waals surface area contributed by atoms with Crippen molar-refractivity contribution in [2.24, 2.45) is 7.05 Å². The third-order valence-corrected chi connectivity index (χ3v) is 5.67. The molecule has 0 spiro atoms. The smallest absolute Gasteiger partial charge is 0.255 e. The number of morpholine rings is 1. The van der Waals surface area contributed by atoms with Crippen LogP contribution in [-0.4, -0.2) is 52.0 Å². The lowest BCUT2D eigenvalue weighted by Gasteiger charge is -2.26. The molecule has 0 aliphatic carbocycles. The summed E-state index contributed by atoms with van der Waals surface area (Å²) in [5.41, 5.74) is 3.75. The maximum absolute atomic E-state index is 12.9. The van der Waals surface area contributed by atoms with E-state index in [-0.39, 0.29) is 5.91 Å². The fraction of sp³-hybridized carbons (Fsp3) is 0.280. The predicted octanol–water partition coefficient (Wildman–Crippen LogP) is 3.86. The van der Waals surface area contributed by atoms with Gasteiger partial charge in [-0.25, -0.2) is 0 Å². The molecule has 0 bridgehead atoms. The van der Waals surface area contributed by atoms with E-state index in [1.807, 2.05) is 57.4 Å². The van der Waals surface area contributed by atoms with Gasteiger partial charge in [-0.15, -0.1) is 0 Å². The van der Waals surface area contributed by atoms with Crippen LogP contribution in [-0.2, 0) is 11.8 Å². The normalized spacial score (nSPS) is 13.8. The Balaban J connectivity index is 1.46. The van der Waals surface area contributed by atoms with Gasteiger partial charge in [-0.1, -0.05) is 18.2 Å². The molecule has 1 fully saturated rings. The highest BCUT2D eigenvalue weighted by molar-refractivity contribution is 6.04. The highest BCUT2D eigenvalue weighted by atomic mass is 16.5. The Hall–Kier alpha value is -3.98. The number of nitrogens with zero attached hydrogens (tertiary/aromatic N) is 5. The van der Waals surface area contributed by atoms with Crippen molar-refractivity contribution in [2.75, 3.05) is 36.5 Å². The van der Waals surface area contributed by atoms with Crippen LogP contribution in [0.4, 0.5) is 11.6 Å². The summed E-state index contributed by atoms with van der Waals surface area (Å²) in [6.45, 7) is 6.56. The van der Waals surface area contributed by atoms with Crippen LogP contribution in [0, 0.1) is 13.8 Å². The first kappa shape index (κ1) is 21.8. The molecular formula is C25H26N6O3. The van der Waals surface area contributed by atoms with E-state index in [1.165, 1.54) is 0 Å². The van der Waals surface area contributed by atoms with Crippen LogP contribution in [0.15, 0.2) is 48.7 Å². The van der Waals surface area contributed by atoms with E-state index in [0.29, 0.717) is 60.5 Å². The summed E-state index contributed by atoms with van der Waals surface area (Å²) in [4.78, 5) is 24.3. The van der Waals surface area contributed by atoms with Crippen LogP contribution in [0.1, 0.15) is 21.5 Å². The third kappa shape index (κ3) is 4.55. The molecule has 0 unspecified atom stereocenters. The summed E-state index contributed by atoms with van der Waals surface area (Å²) >= 11 is 0. The van der Waals surface area contributed by atoms with E-state index in [9.17, 15) is 4.79 Å². The fourth-order valence-electron chi connectivity index (χ4n) is 3.85. The van der Waals surface area contributed by atoms with Crippen LogP contribution >= 0.6 is 0 Å². The highest BCUT2D eigenvalue weighted by Crippen LogP contribution is 2.31. The lowest BCUT2D eigenvalue weighted by Crippen LogP contribution is -2.37. The largest absolute Gasteiger partial charge is 0.438 e. The molecule has 9 heteroatoms. The number of amides is 1. The van der Waals surface area contributed by atoms with Crippen molar-refractivity contribution in [2.45, 2.75) is 13.8 Å². The first-order valence-corrected chi connectivity index (χ1v) is 11.2. The summed E-state index contributed by atoms with van der Waals surface area (Å²) in [6, 6.07) is 13.1. The molecule has 2 aromatic carbocycles. The molecule has 174 valence electrons. The second kappa shape index (κ2) is 9.11. The third-order valence-electron chi connectivity index (χ3n) is 5.67. The number of benzene rings is 2. The monoisotopic (exact) mass is 458 g/mol. The van der Waals surface area contributed by atoms with E-state index >= 15 is 0 Å². The summed E-state index contributed by atoms with van der Waals surface area (Å²) in [5.74, 6) is 1.29.